The Morgan fingerprint density at radius 3 is 0.900 bits per heavy atom. The van der Waals surface area contributed by atoms with E-state index >= 15 is 0 Å². The van der Waals surface area contributed by atoms with Gasteiger partial charge >= 0.3 is 0 Å². The molecule has 3 N–H and O–H groups in total. The summed E-state index contributed by atoms with van der Waals surface area (Å²) in [7, 11) is 0. The van der Waals surface area contributed by atoms with Gasteiger partial charge in [-0.1, -0.05) is 20.3 Å². The molecule has 0 amide bonds. The van der Waals surface area contributed by atoms with Crippen LogP contribution >= 0.6 is 0 Å². The first-order chi connectivity index (χ1) is 4.74. The Morgan fingerprint density at radius 1 is 0.800 bits per heavy atom. The molecule has 0 heterocycles. The fourth-order valence-electron chi connectivity index (χ4n) is 0. The Labute approximate surface area is 63.3 Å². The maximum absolute atomic E-state index is 7.62. The molecule has 3 heteroatoms. The highest BCUT2D eigenvalue weighted by Gasteiger charge is 1.58. The van der Waals surface area contributed by atoms with Gasteiger partial charge in [-0.05, 0) is 6.92 Å². The standard InChI is InChI=1S/C3H8.C2H6O2.C2H6O/c1-3-2;3-1-2-4;1-2-3/h3H2,1-2H3;3-4H,1-2H2;3H,2H2,1H3. The van der Waals surface area contributed by atoms with Gasteiger partial charge in [0.15, 0.2) is 0 Å². The van der Waals surface area contributed by atoms with Crippen LogP contribution in [0.15, 0.2) is 0 Å². The van der Waals surface area contributed by atoms with E-state index in [1.807, 2.05) is 0 Å². The van der Waals surface area contributed by atoms with Crippen molar-refractivity contribution in [3.8, 4) is 0 Å². The van der Waals surface area contributed by atoms with E-state index in [2.05, 4.69) is 13.8 Å². The van der Waals surface area contributed by atoms with Crippen molar-refractivity contribution in [3.63, 3.8) is 0 Å². The van der Waals surface area contributed by atoms with Crippen molar-refractivity contribution in [3.05, 3.63) is 0 Å². The number of hydrogen-bond donors (Lipinski definition) is 3. The molecule has 0 radical (unpaired) electrons. The Morgan fingerprint density at radius 2 is 0.900 bits per heavy atom. The summed E-state index contributed by atoms with van der Waals surface area (Å²) in [5, 5.41) is 22.8. The molecule has 0 rings (SSSR count). The molecule has 0 unspecified atom stereocenters. The summed E-state index contributed by atoms with van der Waals surface area (Å²) < 4.78 is 0. The minimum absolute atomic E-state index is 0.125. The van der Waals surface area contributed by atoms with Gasteiger partial charge in [0.1, 0.15) is 0 Å². The number of hydrogen-bond acceptors (Lipinski definition) is 3. The third-order valence-electron chi connectivity index (χ3n) is 0.1000. The highest BCUT2D eigenvalue weighted by Crippen LogP contribution is 1.56. The van der Waals surface area contributed by atoms with Crippen LogP contribution < -0.4 is 0 Å². The van der Waals surface area contributed by atoms with Crippen molar-refractivity contribution < 1.29 is 15.3 Å². The first-order valence-corrected chi connectivity index (χ1v) is 3.57. The third kappa shape index (κ3) is 482. The van der Waals surface area contributed by atoms with E-state index in [0.717, 1.165) is 0 Å². The molecule has 0 atom stereocenters. The van der Waals surface area contributed by atoms with E-state index in [4.69, 9.17) is 15.3 Å². The summed E-state index contributed by atoms with van der Waals surface area (Å²) in [6, 6.07) is 0. The molecule has 0 aromatic heterocycles. The second-order valence-electron chi connectivity index (χ2n) is 1.47. The molecule has 66 valence electrons. The van der Waals surface area contributed by atoms with Gasteiger partial charge in [0.25, 0.3) is 0 Å². The molecule has 10 heavy (non-hydrogen) atoms. The minimum Gasteiger partial charge on any atom is -0.397 e. The second kappa shape index (κ2) is 36.6. The smallest absolute Gasteiger partial charge is 0.0662 e. The van der Waals surface area contributed by atoms with E-state index in [1.54, 1.807) is 6.92 Å². The zero-order valence-corrected chi connectivity index (χ0v) is 7.17. The quantitative estimate of drug-likeness (QED) is 0.509. The first-order valence-electron chi connectivity index (χ1n) is 3.57. The molecular formula is C7H20O3. The van der Waals surface area contributed by atoms with E-state index < -0.39 is 0 Å². The summed E-state index contributed by atoms with van der Waals surface area (Å²) in [4.78, 5) is 0. The van der Waals surface area contributed by atoms with Gasteiger partial charge in [-0.2, -0.15) is 0 Å². The van der Waals surface area contributed by atoms with Crippen molar-refractivity contribution >= 4 is 0 Å². The molecule has 0 aliphatic carbocycles. The van der Waals surface area contributed by atoms with Crippen LogP contribution in [0.25, 0.3) is 0 Å². The summed E-state index contributed by atoms with van der Waals surface area (Å²) >= 11 is 0. The van der Waals surface area contributed by atoms with E-state index in [1.165, 1.54) is 6.42 Å². The van der Waals surface area contributed by atoms with Gasteiger partial charge in [0.05, 0.1) is 13.2 Å². The maximum atomic E-state index is 7.62. The van der Waals surface area contributed by atoms with Crippen LogP contribution in [0.4, 0.5) is 0 Å². The maximum Gasteiger partial charge on any atom is 0.0662 e. The molecular weight excluding hydrogens is 132 g/mol. The average Bonchev–Trinajstić information content (AvgIpc) is 1.91. The lowest BCUT2D eigenvalue weighted by molar-refractivity contribution is 0.186. The van der Waals surface area contributed by atoms with E-state index in [-0.39, 0.29) is 19.8 Å². The van der Waals surface area contributed by atoms with Gasteiger partial charge in [0.2, 0.25) is 0 Å². The zero-order valence-electron chi connectivity index (χ0n) is 7.17. The van der Waals surface area contributed by atoms with Crippen molar-refractivity contribution in [2.45, 2.75) is 27.2 Å². The van der Waals surface area contributed by atoms with E-state index in [9.17, 15) is 0 Å². The molecule has 0 saturated carbocycles. The largest absolute Gasteiger partial charge is 0.397 e. The minimum atomic E-state index is -0.125. The Bertz CT molecular complexity index is 20.8. The molecule has 3 nitrogen and oxygen atoms in total. The van der Waals surface area contributed by atoms with Crippen LogP contribution in [0.1, 0.15) is 27.2 Å². The average molecular weight is 152 g/mol. The number of aliphatic hydroxyl groups excluding tert-OH is 3. The second-order valence-corrected chi connectivity index (χ2v) is 1.47. The van der Waals surface area contributed by atoms with Gasteiger partial charge in [-0.15, -0.1) is 0 Å². The van der Waals surface area contributed by atoms with Gasteiger partial charge < -0.3 is 15.3 Å². The molecule has 0 spiro atoms. The highest BCUT2D eigenvalue weighted by molar-refractivity contribution is 4.06. The fourth-order valence-corrected chi connectivity index (χ4v) is 0. The Hall–Kier alpha value is -0.120. The topological polar surface area (TPSA) is 60.7 Å². The van der Waals surface area contributed by atoms with E-state index in [0.29, 0.717) is 0 Å². The van der Waals surface area contributed by atoms with Gasteiger partial charge in [-0.3, -0.25) is 0 Å². The number of rotatable bonds is 1. The van der Waals surface area contributed by atoms with Crippen LogP contribution in [0.2, 0.25) is 0 Å². The summed E-state index contributed by atoms with van der Waals surface area (Å²) in [5.74, 6) is 0. The molecule has 0 bridgehead atoms. The Balaban J connectivity index is -0.0000000750. The molecule has 0 aliphatic heterocycles. The molecule has 0 aromatic carbocycles. The number of aliphatic hydroxyl groups is 3. The van der Waals surface area contributed by atoms with Crippen LogP contribution in [0, 0.1) is 0 Å². The van der Waals surface area contributed by atoms with Crippen LogP contribution in [-0.2, 0) is 0 Å². The van der Waals surface area contributed by atoms with Gasteiger partial charge in [-0.25, -0.2) is 0 Å². The normalized spacial score (nSPS) is 6.60. The van der Waals surface area contributed by atoms with Crippen LogP contribution in [-0.4, -0.2) is 35.1 Å². The van der Waals surface area contributed by atoms with Gasteiger partial charge in [0, 0.05) is 6.61 Å². The highest BCUT2D eigenvalue weighted by atomic mass is 16.3. The molecule has 0 aromatic rings. The first kappa shape index (κ1) is 16.5. The lowest BCUT2D eigenvalue weighted by atomic mass is 10.6. The predicted octanol–water partition coefficient (Wildman–Crippen LogP) is 0.386. The van der Waals surface area contributed by atoms with Crippen LogP contribution in [0.5, 0.6) is 0 Å². The summed E-state index contributed by atoms with van der Waals surface area (Å²) in [5.41, 5.74) is 0. The zero-order chi connectivity index (χ0) is 8.83. The lowest BCUT2D eigenvalue weighted by Crippen LogP contribution is -1.85. The Kier molecular flexibility index (Phi) is 60.3. The van der Waals surface area contributed by atoms with Crippen molar-refractivity contribution in [1.82, 2.24) is 0 Å². The lowest BCUT2D eigenvalue weighted by Gasteiger charge is -1.70. The monoisotopic (exact) mass is 152 g/mol. The molecule has 0 fully saturated rings. The van der Waals surface area contributed by atoms with Crippen LogP contribution in [0.3, 0.4) is 0 Å². The third-order valence-corrected chi connectivity index (χ3v) is 0.1000. The fraction of sp³-hybridized carbons (Fsp3) is 1.00. The summed E-state index contributed by atoms with van der Waals surface area (Å²) in [6.45, 7) is 5.93. The van der Waals surface area contributed by atoms with Crippen molar-refractivity contribution in [2.24, 2.45) is 0 Å². The predicted molar refractivity (Wildman–Crippen MR) is 42.9 cm³/mol. The molecule has 0 aliphatic rings. The SMILES string of the molecule is CCC.CCO.OCCO. The molecule has 0 saturated heterocycles. The van der Waals surface area contributed by atoms with Crippen molar-refractivity contribution in [1.29, 1.82) is 0 Å². The summed E-state index contributed by atoms with van der Waals surface area (Å²) in [6.07, 6.45) is 1.25. The van der Waals surface area contributed by atoms with Crippen molar-refractivity contribution in [2.75, 3.05) is 19.8 Å².